The molecule has 10 heteroatoms. The van der Waals surface area contributed by atoms with Crippen LogP contribution in [0.25, 0.3) is 0 Å². The Balaban J connectivity index is 1.56. The fraction of sp³-hybridized carbons (Fsp3) is 0.250. The molecule has 0 radical (unpaired) electrons. The molecule has 2 aromatic carbocycles. The van der Waals surface area contributed by atoms with E-state index in [1.165, 1.54) is 12.1 Å². The van der Waals surface area contributed by atoms with E-state index in [1.54, 1.807) is 17.0 Å². The van der Waals surface area contributed by atoms with Gasteiger partial charge in [0.05, 0.1) is 11.3 Å². The van der Waals surface area contributed by atoms with Gasteiger partial charge < -0.3 is 10.2 Å². The fourth-order valence-corrected chi connectivity index (χ4v) is 5.12. The Labute approximate surface area is 202 Å². The maximum Gasteiger partial charge on any atom is 0.313 e. The average molecular weight is 504 g/mol. The van der Waals surface area contributed by atoms with Gasteiger partial charge in [0.2, 0.25) is 5.03 Å². The van der Waals surface area contributed by atoms with Gasteiger partial charge in [-0.15, -0.1) is 0 Å². The minimum absolute atomic E-state index is 0.0961. The monoisotopic (exact) mass is 503 g/mol. The van der Waals surface area contributed by atoms with Crippen LogP contribution < -0.4 is 5.32 Å². The maximum atomic E-state index is 13.4. The minimum atomic E-state index is -4.68. The van der Waals surface area contributed by atoms with Gasteiger partial charge in [0, 0.05) is 25.8 Å². The van der Waals surface area contributed by atoms with Crippen molar-refractivity contribution in [3.63, 3.8) is 0 Å². The first-order valence-electron chi connectivity index (χ1n) is 10.7. The van der Waals surface area contributed by atoms with Gasteiger partial charge in [-0.25, -0.2) is 9.37 Å². The van der Waals surface area contributed by atoms with Crippen molar-refractivity contribution in [2.24, 2.45) is 0 Å². The van der Waals surface area contributed by atoms with Crippen LogP contribution in [0.1, 0.15) is 40.2 Å². The first-order valence-corrected chi connectivity index (χ1v) is 12.5. The van der Waals surface area contributed by atoms with E-state index in [0.717, 1.165) is 17.3 Å². The first-order chi connectivity index (χ1) is 16.2. The van der Waals surface area contributed by atoms with E-state index in [2.05, 4.69) is 10.3 Å². The number of carbonyl (C=O) groups is 1. The molecule has 34 heavy (non-hydrogen) atoms. The molecular formula is C24H23ClFN3O4S. The highest BCUT2D eigenvalue weighted by Gasteiger charge is 2.29. The zero-order chi connectivity index (χ0) is 24.3. The van der Waals surface area contributed by atoms with Crippen LogP contribution in [0.4, 0.5) is 10.1 Å². The molecule has 0 saturated carbocycles. The molecular weight excluding hydrogens is 481 g/mol. The Morgan fingerprint density at radius 1 is 1.12 bits per heavy atom. The van der Waals surface area contributed by atoms with E-state index >= 15 is 0 Å². The molecule has 2 N–H and O–H groups in total. The highest BCUT2D eigenvalue weighted by Crippen LogP contribution is 2.34. The number of amides is 1. The molecule has 4 rings (SSSR count). The lowest BCUT2D eigenvalue weighted by atomic mass is 9.89. The predicted molar refractivity (Wildman–Crippen MR) is 127 cm³/mol. The van der Waals surface area contributed by atoms with Crippen LogP contribution in [0.15, 0.2) is 65.8 Å². The summed E-state index contributed by atoms with van der Waals surface area (Å²) < 4.78 is 46.1. The summed E-state index contributed by atoms with van der Waals surface area (Å²) >= 11 is 6.30. The van der Waals surface area contributed by atoms with E-state index < -0.39 is 15.1 Å². The molecule has 1 aliphatic heterocycles. The Kier molecular flexibility index (Phi) is 7.16. The number of piperidine rings is 1. The van der Waals surface area contributed by atoms with Crippen molar-refractivity contribution in [3.05, 3.63) is 88.3 Å². The summed E-state index contributed by atoms with van der Waals surface area (Å²) in [6, 6.07) is 15.7. The van der Waals surface area contributed by atoms with Crippen molar-refractivity contribution in [2.45, 2.75) is 30.3 Å². The minimum Gasteiger partial charge on any atom is -0.379 e. The van der Waals surface area contributed by atoms with Crippen LogP contribution in [-0.2, 0) is 16.7 Å². The summed E-state index contributed by atoms with van der Waals surface area (Å²) in [6.45, 7) is 1.22. The van der Waals surface area contributed by atoms with Gasteiger partial charge in [-0.05, 0) is 42.0 Å². The molecule has 0 spiro atoms. The molecule has 3 aromatic rings. The average Bonchev–Trinajstić information content (AvgIpc) is 2.83. The summed E-state index contributed by atoms with van der Waals surface area (Å²) in [5.74, 6) is -0.419. The molecule has 1 saturated heterocycles. The third-order valence-electron chi connectivity index (χ3n) is 5.90. The van der Waals surface area contributed by atoms with Gasteiger partial charge >= 0.3 is 10.1 Å². The predicted octanol–water partition coefficient (Wildman–Crippen LogP) is 4.75. The number of rotatable bonds is 6. The van der Waals surface area contributed by atoms with Crippen LogP contribution in [0.5, 0.6) is 0 Å². The lowest BCUT2D eigenvalue weighted by Gasteiger charge is -2.32. The summed E-state index contributed by atoms with van der Waals surface area (Å²) in [5, 5.41) is 1.99. The number of hydrogen-bond donors (Lipinski definition) is 2. The van der Waals surface area contributed by atoms with Crippen molar-refractivity contribution in [1.82, 2.24) is 9.88 Å². The van der Waals surface area contributed by atoms with E-state index in [4.69, 9.17) is 11.6 Å². The molecule has 2 heterocycles. The summed E-state index contributed by atoms with van der Waals surface area (Å²) in [5.41, 5.74) is 2.13. The number of nitrogens with zero attached hydrogens (tertiary/aromatic N) is 2. The highest BCUT2D eigenvalue weighted by atomic mass is 35.5. The normalized spacial score (nSPS) is 14.7. The number of hydrogen-bond acceptors (Lipinski definition) is 5. The van der Waals surface area contributed by atoms with Crippen molar-refractivity contribution in [2.75, 3.05) is 18.4 Å². The van der Waals surface area contributed by atoms with Crippen LogP contribution in [0.3, 0.4) is 0 Å². The standard InChI is InChI=1S/C24H23ClFN3O4S/c25-21-22(27-14-16-4-2-1-3-5-16)20(15-28-23(21)34(31,32)33)24(30)29-12-10-18(11-13-29)17-6-8-19(26)9-7-17/h1-9,15,18H,10-14H2,(H,27,28)(H,31,32,33). The van der Waals surface area contributed by atoms with E-state index in [9.17, 15) is 22.2 Å². The van der Waals surface area contributed by atoms with Gasteiger partial charge in [0.1, 0.15) is 10.8 Å². The van der Waals surface area contributed by atoms with E-state index in [0.29, 0.717) is 25.9 Å². The quantitative estimate of drug-likeness (QED) is 0.471. The lowest BCUT2D eigenvalue weighted by Crippen LogP contribution is -2.38. The second-order valence-electron chi connectivity index (χ2n) is 8.10. The molecule has 0 atom stereocenters. The Morgan fingerprint density at radius 3 is 2.38 bits per heavy atom. The summed E-state index contributed by atoms with van der Waals surface area (Å²) in [6.07, 6.45) is 2.53. The van der Waals surface area contributed by atoms with Crippen LogP contribution in [0.2, 0.25) is 5.02 Å². The number of pyridine rings is 1. The summed E-state index contributed by atoms with van der Waals surface area (Å²) in [4.78, 5) is 18.8. The maximum absolute atomic E-state index is 13.4. The van der Waals surface area contributed by atoms with E-state index in [1.807, 2.05) is 30.3 Å². The first kappa shape index (κ1) is 24.1. The smallest absolute Gasteiger partial charge is 0.313 e. The van der Waals surface area contributed by atoms with Crippen LogP contribution >= 0.6 is 11.6 Å². The summed E-state index contributed by atoms with van der Waals surface area (Å²) in [7, 11) is -4.68. The second-order valence-corrected chi connectivity index (χ2v) is 9.81. The molecule has 1 fully saturated rings. The third kappa shape index (κ3) is 5.38. The van der Waals surface area contributed by atoms with Gasteiger partial charge in [-0.1, -0.05) is 54.1 Å². The van der Waals surface area contributed by atoms with E-state index in [-0.39, 0.29) is 40.5 Å². The number of likely N-dealkylation sites (tertiary alicyclic amines) is 1. The number of nitrogens with one attached hydrogen (secondary N) is 1. The third-order valence-corrected chi connectivity index (χ3v) is 7.18. The largest absolute Gasteiger partial charge is 0.379 e. The molecule has 178 valence electrons. The number of aromatic nitrogens is 1. The molecule has 0 unspecified atom stereocenters. The SMILES string of the molecule is O=C(c1cnc(S(=O)(=O)O)c(Cl)c1NCc1ccccc1)N1CCC(c2ccc(F)cc2)CC1. The Bertz CT molecular complexity index is 1280. The van der Waals surface area contributed by atoms with Gasteiger partial charge in [0.25, 0.3) is 5.91 Å². The topological polar surface area (TPSA) is 99.6 Å². The Morgan fingerprint density at radius 2 is 1.76 bits per heavy atom. The molecule has 1 aliphatic rings. The van der Waals surface area contributed by atoms with Gasteiger partial charge in [-0.3, -0.25) is 9.35 Å². The zero-order valence-electron chi connectivity index (χ0n) is 18.1. The molecule has 0 bridgehead atoms. The van der Waals surface area contributed by atoms with Crippen LogP contribution in [0, 0.1) is 5.82 Å². The molecule has 7 nitrogen and oxygen atoms in total. The fourth-order valence-electron chi connectivity index (χ4n) is 4.09. The van der Waals surface area contributed by atoms with Crippen molar-refractivity contribution >= 4 is 33.3 Å². The Hall–Kier alpha value is -3.01. The number of carbonyl (C=O) groups excluding carboxylic acids is 1. The number of anilines is 1. The second kappa shape index (κ2) is 10.1. The van der Waals surface area contributed by atoms with Crippen LogP contribution in [-0.4, -0.2) is 41.9 Å². The molecule has 1 aromatic heterocycles. The number of halogens is 2. The van der Waals surface area contributed by atoms with Gasteiger partial charge in [-0.2, -0.15) is 8.42 Å². The highest BCUT2D eigenvalue weighted by molar-refractivity contribution is 7.85. The number of benzene rings is 2. The zero-order valence-corrected chi connectivity index (χ0v) is 19.7. The van der Waals surface area contributed by atoms with Crippen molar-refractivity contribution < 1.29 is 22.2 Å². The molecule has 1 amide bonds. The van der Waals surface area contributed by atoms with Crippen molar-refractivity contribution in [1.29, 1.82) is 0 Å². The van der Waals surface area contributed by atoms with Gasteiger partial charge in [0.15, 0.2) is 0 Å². The lowest BCUT2D eigenvalue weighted by molar-refractivity contribution is 0.0713. The van der Waals surface area contributed by atoms with Crippen molar-refractivity contribution in [3.8, 4) is 0 Å². The molecule has 0 aliphatic carbocycles.